The number of aliphatic hydroxyl groups excluding tert-OH is 1. The molecule has 0 aliphatic carbocycles. The van der Waals surface area contributed by atoms with Crippen molar-refractivity contribution in [3.8, 4) is 0 Å². The van der Waals surface area contributed by atoms with E-state index in [0.717, 1.165) is 38.5 Å². The zero-order chi connectivity index (χ0) is 23.8. The molecule has 0 aliphatic rings. The first kappa shape index (κ1) is 30.5. The molecule has 1 unspecified atom stereocenters. The molecule has 0 aromatic carbocycles. The Morgan fingerprint density at radius 2 is 1.52 bits per heavy atom. The lowest BCUT2D eigenvalue weighted by Gasteiger charge is -2.27. The highest BCUT2D eigenvalue weighted by molar-refractivity contribution is 7.52. The van der Waals surface area contributed by atoms with Crippen LogP contribution in [0.2, 0.25) is 0 Å². The largest absolute Gasteiger partial charge is 0.391 e. The van der Waals surface area contributed by atoms with Crippen LogP contribution in [-0.2, 0) is 13.9 Å². The van der Waals surface area contributed by atoms with Gasteiger partial charge in [-0.25, -0.2) is 0 Å². The Morgan fingerprint density at radius 1 is 0.968 bits per heavy atom. The fourth-order valence-corrected chi connectivity index (χ4v) is 4.65. The molecule has 7 nitrogen and oxygen atoms in total. The van der Waals surface area contributed by atoms with Gasteiger partial charge < -0.3 is 24.3 Å². The molecular weight excluding hydrogens is 415 g/mol. The molecule has 0 radical (unpaired) electrons. The first-order chi connectivity index (χ1) is 14.5. The second-order valence-electron chi connectivity index (χ2n) is 9.78. The third-order valence-corrected chi connectivity index (χ3v) is 6.85. The Bertz CT molecular complexity index is 511. The number of aliphatic hydroxyl groups is 1. The van der Waals surface area contributed by atoms with Crippen LogP contribution in [0.3, 0.4) is 0 Å². The number of hydrogen-bond acceptors (Lipinski definition) is 4. The van der Waals surface area contributed by atoms with Gasteiger partial charge in [-0.2, -0.15) is 0 Å². The van der Waals surface area contributed by atoms with Crippen LogP contribution in [0.4, 0.5) is 0 Å². The molecule has 186 valence electrons. The molecule has 0 saturated carbocycles. The molecule has 0 aromatic heterocycles. The van der Waals surface area contributed by atoms with Crippen LogP contribution in [0.1, 0.15) is 90.9 Å². The van der Waals surface area contributed by atoms with Crippen LogP contribution in [0.15, 0.2) is 0 Å². The predicted molar refractivity (Wildman–Crippen MR) is 128 cm³/mol. The van der Waals surface area contributed by atoms with Crippen molar-refractivity contribution in [2.45, 2.75) is 103 Å². The van der Waals surface area contributed by atoms with Crippen molar-refractivity contribution in [2.75, 3.05) is 40.5 Å². The second kappa shape index (κ2) is 17.1. The van der Waals surface area contributed by atoms with E-state index in [-0.39, 0.29) is 18.7 Å². The van der Waals surface area contributed by atoms with Gasteiger partial charge in [-0.05, 0) is 12.8 Å². The van der Waals surface area contributed by atoms with E-state index in [4.69, 9.17) is 4.52 Å². The summed E-state index contributed by atoms with van der Waals surface area (Å²) in [7, 11) is 2.03. The van der Waals surface area contributed by atoms with Crippen molar-refractivity contribution in [3.63, 3.8) is 0 Å². The Morgan fingerprint density at radius 3 is 2.10 bits per heavy atom. The summed E-state index contributed by atoms with van der Waals surface area (Å²) in [5.74, 6) is -0.177. The summed E-state index contributed by atoms with van der Waals surface area (Å²) in [6.45, 7) is 5.02. The molecule has 1 amide bonds. The van der Waals surface area contributed by atoms with Gasteiger partial charge in [-0.1, -0.05) is 71.6 Å². The van der Waals surface area contributed by atoms with Gasteiger partial charge in [0.1, 0.15) is 13.2 Å². The second-order valence-corrected chi connectivity index (χ2v) is 11.7. The zero-order valence-corrected chi connectivity index (χ0v) is 21.7. The topological polar surface area (TPSA) is 95.9 Å². The number of quaternary nitrogens is 1. The van der Waals surface area contributed by atoms with E-state index in [9.17, 15) is 19.4 Å². The summed E-state index contributed by atoms with van der Waals surface area (Å²) >= 11 is 0. The number of rotatable bonds is 20. The number of nitrogens with zero attached hydrogens (tertiary/aromatic N) is 1. The molecule has 31 heavy (non-hydrogen) atoms. The third kappa shape index (κ3) is 18.8. The monoisotopic (exact) mass is 465 g/mol. The number of nitrogens with one attached hydrogen (secondary N) is 1. The molecule has 8 heteroatoms. The minimum atomic E-state index is -3.92. The van der Waals surface area contributed by atoms with E-state index in [0.29, 0.717) is 23.9 Å². The molecule has 3 N–H and O–H groups in total. The Balaban J connectivity index is 4.71. The van der Waals surface area contributed by atoms with Crippen molar-refractivity contribution in [1.29, 1.82) is 0 Å². The van der Waals surface area contributed by atoms with E-state index < -0.39 is 19.7 Å². The first-order valence-electron chi connectivity index (χ1n) is 12.2. The molecule has 0 bridgehead atoms. The molecule has 0 aliphatic heterocycles. The highest BCUT2D eigenvalue weighted by atomic mass is 31.2. The van der Waals surface area contributed by atoms with Crippen LogP contribution in [0.25, 0.3) is 0 Å². The van der Waals surface area contributed by atoms with Crippen LogP contribution in [0, 0.1) is 0 Å². The molecule has 3 atom stereocenters. The molecule has 0 aromatic rings. The number of unbranched alkanes of at least 4 members (excludes halogenated alkanes) is 8. The molecule has 0 saturated heterocycles. The smallest absolute Gasteiger partial charge is 0.330 e. The summed E-state index contributed by atoms with van der Waals surface area (Å²) in [6, 6.07) is -0.769. The van der Waals surface area contributed by atoms with E-state index in [1.54, 1.807) is 0 Å². The van der Waals surface area contributed by atoms with Gasteiger partial charge in [0.2, 0.25) is 5.91 Å². The normalized spacial score (nSPS) is 16.0. The summed E-state index contributed by atoms with van der Waals surface area (Å²) in [5.41, 5.74) is 0. The number of likely N-dealkylation sites (N-methyl/N-ethyl adjacent to an activating group) is 1. The third-order valence-electron chi connectivity index (χ3n) is 5.40. The Kier molecular flexibility index (Phi) is 16.8. The predicted octanol–water partition coefficient (Wildman–Crippen LogP) is 4.46. The maximum absolute atomic E-state index is 12.6. The van der Waals surface area contributed by atoms with E-state index in [1.165, 1.54) is 25.7 Å². The lowest BCUT2D eigenvalue weighted by Crippen LogP contribution is -2.46. The summed E-state index contributed by atoms with van der Waals surface area (Å²) < 4.78 is 18.5. The first-order valence-corrected chi connectivity index (χ1v) is 14.0. The summed E-state index contributed by atoms with van der Waals surface area (Å²) in [6.07, 6.45) is 10.4. The van der Waals surface area contributed by atoms with Crippen molar-refractivity contribution in [1.82, 2.24) is 5.32 Å². The van der Waals surface area contributed by atoms with Gasteiger partial charge in [0.25, 0.3) is 0 Å². The highest BCUT2D eigenvalue weighted by Crippen LogP contribution is 2.43. The SMILES string of the molecule is CCCCCCCCC[C@H](O)[C@@H](CP(=O)(O)OCC[N+](C)(C)C)NC(=O)CCCCC. The molecule has 0 rings (SSSR count). The van der Waals surface area contributed by atoms with Gasteiger partial charge in [-0.15, -0.1) is 0 Å². The van der Waals surface area contributed by atoms with Gasteiger partial charge >= 0.3 is 7.60 Å². The highest BCUT2D eigenvalue weighted by Gasteiger charge is 2.31. The van der Waals surface area contributed by atoms with Crippen molar-refractivity contribution in [2.24, 2.45) is 0 Å². The maximum Gasteiger partial charge on any atom is 0.330 e. The van der Waals surface area contributed by atoms with Crippen LogP contribution >= 0.6 is 7.60 Å². The van der Waals surface area contributed by atoms with Crippen molar-refractivity contribution in [3.05, 3.63) is 0 Å². The fraction of sp³-hybridized carbons (Fsp3) is 0.957. The van der Waals surface area contributed by atoms with Gasteiger partial charge in [0, 0.05) is 6.42 Å². The molecular formula is C23H50N2O5P+. The quantitative estimate of drug-likeness (QED) is 0.140. The van der Waals surface area contributed by atoms with E-state index in [2.05, 4.69) is 19.2 Å². The average Bonchev–Trinajstić information content (AvgIpc) is 2.65. The number of amides is 1. The number of hydrogen-bond donors (Lipinski definition) is 3. The number of carbonyl (C=O) groups is 1. The van der Waals surface area contributed by atoms with E-state index in [1.807, 2.05) is 21.1 Å². The van der Waals surface area contributed by atoms with Crippen LogP contribution in [-0.4, -0.2) is 73.0 Å². The molecule has 0 heterocycles. The molecule has 0 fully saturated rings. The lowest BCUT2D eigenvalue weighted by molar-refractivity contribution is -0.870. The Hall–Kier alpha value is -0.460. The van der Waals surface area contributed by atoms with Crippen LogP contribution < -0.4 is 5.32 Å². The van der Waals surface area contributed by atoms with Gasteiger partial charge in [0.15, 0.2) is 0 Å². The van der Waals surface area contributed by atoms with Crippen molar-refractivity contribution >= 4 is 13.5 Å². The molecule has 0 spiro atoms. The Labute approximate surface area is 191 Å². The summed E-state index contributed by atoms with van der Waals surface area (Å²) in [4.78, 5) is 22.6. The number of carbonyl (C=O) groups excluding carboxylic acids is 1. The average molecular weight is 466 g/mol. The van der Waals surface area contributed by atoms with Crippen LogP contribution in [0.5, 0.6) is 0 Å². The zero-order valence-electron chi connectivity index (χ0n) is 20.8. The van der Waals surface area contributed by atoms with Gasteiger partial charge in [-0.3, -0.25) is 9.36 Å². The van der Waals surface area contributed by atoms with Crippen molar-refractivity contribution < 1.29 is 28.4 Å². The fourth-order valence-electron chi connectivity index (χ4n) is 3.35. The lowest BCUT2D eigenvalue weighted by atomic mass is 10.0. The van der Waals surface area contributed by atoms with E-state index >= 15 is 0 Å². The summed E-state index contributed by atoms with van der Waals surface area (Å²) in [5, 5.41) is 13.5. The maximum atomic E-state index is 12.6. The standard InChI is InChI=1S/C23H49N2O5P/c1-6-8-10-11-12-13-15-16-22(26)21(24-23(27)17-14-9-7-2)20-31(28,29)30-19-18-25(3,4)5/h21-22,26H,6-20H2,1-5H3,(H-,24,27,28,29)/p+1/t21-,22+/m1/s1. The minimum absolute atomic E-state index is 0.155. The minimum Gasteiger partial charge on any atom is -0.391 e. The van der Waals surface area contributed by atoms with Gasteiger partial charge in [0.05, 0.1) is 39.5 Å².